The second-order valence-electron chi connectivity index (χ2n) is 6.80. The van der Waals surface area contributed by atoms with Crippen LogP contribution in [0.5, 0.6) is 0 Å². The van der Waals surface area contributed by atoms with Gasteiger partial charge in [-0.3, -0.25) is 9.36 Å². The van der Waals surface area contributed by atoms with Gasteiger partial charge in [0.25, 0.3) is 0 Å². The summed E-state index contributed by atoms with van der Waals surface area (Å²) < 4.78 is 2.13. The van der Waals surface area contributed by atoms with Crippen LogP contribution in [0.2, 0.25) is 0 Å². The number of hydrogen-bond donors (Lipinski definition) is 0. The van der Waals surface area contributed by atoms with Crippen LogP contribution >= 0.6 is 11.8 Å². The zero-order chi connectivity index (χ0) is 17.9. The molecule has 1 fully saturated rings. The summed E-state index contributed by atoms with van der Waals surface area (Å²) in [5.74, 6) is 2.07. The van der Waals surface area contributed by atoms with Crippen LogP contribution in [-0.2, 0) is 4.79 Å². The molecule has 0 atom stereocenters. The van der Waals surface area contributed by atoms with E-state index >= 15 is 0 Å². The molecule has 4 rings (SSSR count). The molecular weight excluding hydrogens is 344 g/mol. The van der Waals surface area contributed by atoms with Gasteiger partial charge in [-0.2, -0.15) is 0 Å². The molecule has 1 aromatic heterocycles. The molecule has 0 unspecified atom stereocenters. The number of para-hydroxylation sites is 1. The van der Waals surface area contributed by atoms with E-state index in [2.05, 4.69) is 33.0 Å². The zero-order valence-electron chi connectivity index (χ0n) is 15.1. The lowest BCUT2D eigenvalue weighted by Crippen LogP contribution is -2.31. The predicted molar refractivity (Wildman–Crippen MR) is 103 cm³/mol. The van der Waals surface area contributed by atoms with E-state index in [1.54, 1.807) is 0 Å². The molecule has 5 nitrogen and oxygen atoms in total. The molecule has 136 valence electrons. The quantitative estimate of drug-likeness (QED) is 0.689. The number of benzene rings is 1. The lowest BCUT2D eigenvalue weighted by molar-refractivity contribution is -0.126. The first-order valence-electron chi connectivity index (χ1n) is 9.41. The van der Waals surface area contributed by atoms with E-state index < -0.39 is 0 Å². The average molecular weight is 369 g/mol. The van der Waals surface area contributed by atoms with Gasteiger partial charge in [-0.15, -0.1) is 10.2 Å². The molecule has 6 heteroatoms. The van der Waals surface area contributed by atoms with Gasteiger partial charge in [0.1, 0.15) is 5.82 Å². The summed E-state index contributed by atoms with van der Waals surface area (Å²) >= 11 is 1.49. The highest BCUT2D eigenvalue weighted by molar-refractivity contribution is 7.99. The number of allylic oxidation sites excluding steroid dienone is 2. The Morgan fingerprint density at radius 3 is 2.73 bits per heavy atom. The molecule has 2 aromatic rings. The second-order valence-corrected chi connectivity index (χ2v) is 7.74. The Morgan fingerprint density at radius 2 is 2.08 bits per heavy atom. The SMILES string of the molecule is CCN(C(=O)CSc1nnc(C2CC2)n1-c1ccccc1)C1=CCCC1. The number of aromatic nitrogens is 3. The number of thioether (sulfide) groups is 1. The maximum Gasteiger partial charge on any atom is 0.237 e. The van der Waals surface area contributed by atoms with Crippen molar-refractivity contribution < 1.29 is 4.79 Å². The summed E-state index contributed by atoms with van der Waals surface area (Å²) in [7, 11) is 0. The standard InChI is InChI=1S/C20H24N4OS/c1-2-23(16-8-6-7-9-16)18(25)14-26-20-22-21-19(15-12-13-15)24(20)17-10-4-3-5-11-17/h3-5,8,10-11,15H,2,6-7,9,12-14H2,1H3. The summed E-state index contributed by atoms with van der Waals surface area (Å²) in [4.78, 5) is 14.7. The summed E-state index contributed by atoms with van der Waals surface area (Å²) in [6.45, 7) is 2.77. The Bertz CT molecular complexity index is 810. The molecule has 1 heterocycles. The van der Waals surface area contributed by atoms with Crippen LogP contribution in [0.1, 0.15) is 50.8 Å². The van der Waals surface area contributed by atoms with E-state index in [1.807, 2.05) is 30.0 Å². The molecular formula is C20H24N4OS. The number of amides is 1. The first-order chi connectivity index (χ1) is 12.8. The fourth-order valence-corrected chi connectivity index (χ4v) is 4.28. The molecule has 0 N–H and O–H groups in total. The van der Waals surface area contributed by atoms with Gasteiger partial charge in [0, 0.05) is 23.8 Å². The van der Waals surface area contributed by atoms with Crippen molar-refractivity contribution in [1.82, 2.24) is 19.7 Å². The van der Waals surface area contributed by atoms with Crippen molar-refractivity contribution in [1.29, 1.82) is 0 Å². The molecule has 2 aliphatic carbocycles. The van der Waals surface area contributed by atoms with Gasteiger partial charge in [0.05, 0.1) is 5.75 Å². The van der Waals surface area contributed by atoms with Crippen LogP contribution in [0.15, 0.2) is 47.3 Å². The summed E-state index contributed by atoms with van der Waals surface area (Å²) in [5, 5.41) is 9.64. The van der Waals surface area contributed by atoms with E-state index in [-0.39, 0.29) is 5.91 Å². The Hall–Kier alpha value is -2.08. The number of hydrogen-bond acceptors (Lipinski definition) is 4. The Kier molecular flexibility index (Phi) is 5.11. The fraction of sp³-hybridized carbons (Fsp3) is 0.450. The van der Waals surface area contributed by atoms with Crippen molar-refractivity contribution in [3.63, 3.8) is 0 Å². The Labute approximate surface area is 158 Å². The number of rotatable bonds is 7. The highest BCUT2D eigenvalue weighted by Gasteiger charge is 2.31. The van der Waals surface area contributed by atoms with E-state index in [4.69, 9.17) is 0 Å². The maximum atomic E-state index is 12.7. The molecule has 0 bridgehead atoms. The maximum absolute atomic E-state index is 12.7. The van der Waals surface area contributed by atoms with E-state index in [0.717, 1.165) is 42.5 Å². The molecule has 0 radical (unpaired) electrons. The van der Waals surface area contributed by atoms with Gasteiger partial charge in [-0.05, 0) is 51.2 Å². The van der Waals surface area contributed by atoms with E-state index in [0.29, 0.717) is 11.7 Å². The molecule has 2 aliphatic rings. The van der Waals surface area contributed by atoms with Crippen molar-refractivity contribution in [2.45, 2.75) is 50.1 Å². The van der Waals surface area contributed by atoms with Gasteiger partial charge >= 0.3 is 0 Å². The first-order valence-corrected chi connectivity index (χ1v) is 10.4. The second kappa shape index (κ2) is 7.66. The molecule has 1 amide bonds. The predicted octanol–water partition coefficient (Wildman–Crippen LogP) is 4.15. The topological polar surface area (TPSA) is 51.0 Å². The van der Waals surface area contributed by atoms with Crippen molar-refractivity contribution in [3.05, 3.63) is 47.9 Å². The van der Waals surface area contributed by atoms with E-state index in [1.165, 1.54) is 30.3 Å². The lowest BCUT2D eigenvalue weighted by Gasteiger charge is -2.22. The van der Waals surface area contributed by atoms with Crippen molar-refractivity contribution in [2.24, 2.45) is 0 Å². The smallest absolute Gasteiger partial charge is 0.237 e. The van der Waals surface area contributed by atoms with Gasteiger partial charge < -0.3 is 4.90 Å². The molecule has 0 aliphatic heterocycles. The van der Waals surface area contributed by atoms with Crippen molar-refractivity contribution in [3.8, 4) is 5.69 Å². The molecule has 1 aromatic carbocycles. The van der Waals surface area contributed by atoms with Crippen molar-refractivity contribution in [2.75, 3.05) is 12.3 Å². The number of nitrogens with zero attached hydrogens (tertiary/aromatic N) is 4. The summed E-state index contributed by atoms with van der Waals surface area (Å²) in [5.41, 5.74) is 2.25. The third kappa shape index (κ3) is 3.56. The minimum absolute atomic E-state index is 0.154. The first kappa shape index (κ1) is 17.3. The van der Waals surface area contributed by atoms with Crippen LogP contribution in [0.25, 0.3) is 5.69 Å². The Balaban J connectivity index is 1.52. The van der Waals surface area contributed by atoms with Crippen LogP contribution in [0, 0.1) is 0 Å². The van der Waals surface area contributed by atoms with Gasteiger partial charge in [-0.1, -0.05) is 36.0 Å². The molecule has 0 saturated heterocycles. The van der Waals surface area contributed by atoms with E-state index in [9.17, 15) is 4.79 Å². The molecule has 1 saturated carbocycles. The van der Waals surface area contributed by atoms with Crippen LogP contribution in [-0.4, -0.2) is 37.9 Å². The molecule has 0 spiro atoms. The minimum atomic E-state index is 0.154. The van der Waals surface area contributed by atoms with Crippen LogP contribution in [0.4, 0.5) is 0 Å². The van der Waals surface area contributed by atoms with Crippen LogP contribution < -0.4 is 0 Å². The zero-order valence-corrected chi connectivity index (χ0v) is 15.9. The highest BCUT2D eigenvalue weighted by Crippen LogP contribution is 2.41. The van der Waals surface area contributed by atoms with Gasteiger partial charge in [0.2, 0.25) is 5.91 Å². The minimum Gasteiger partial charge on any atom is -0.316 e. The number of carbonyl (C=O) groups excluding carboxylic acids is 1. The highest BCUT2D eigenvalue weighted by atomic mass is 32.2. The monoisotopic (exact) mass is 368 g/mol. The number of carbonyl (C=O) groups is 1. The lowest BCUT2D eigenvalue weighted by atomic mass is 10.3. The van der Waals surface area contributed by atoms with Crippen molar-refractivity contribution >= 4 is 17.7 Å². The molecule has 26 heavy (non-hydrogen) atoms. The summed E-state index contributed by atoms with van der Waals surface area (Å²) in [6, 6.07) is 10.2. The third-order valence-electron chi connectivity index (χ3n) is 4.92. The largest absolute Gasteiger partial charge is 0.316 e. The van der Waals surface area contributed by atoms with Gasteiger partial charge in [-0.25, -0.2) is 0 Å². The average Bonchev–Trinajstić information content (AvgIpc) is 3.20. The summed E-state index contributed by atoms with van der Waals surface area (Å²) in [6.07, 6.45) is 7.79. The Morgan fingerprint density at radius 1 is 1.27 bits per heavy atom. The normalized spacial score (nSPS) is 16.6. The van der Waals surface area contributed by atoms with Gasteiger partial charge in [0.15, 0.2) is 5.16 Å². The third-order valence-corrected chi connectivity index (χ3v) is 5.83. The fourth-order valence-electron chi connectivity index (χ4n) is 3.44. The van der Waals surface area contributed by atoms with Crippen LogP contribution in [0.3, 0.4) is 0 Å².